The molecule has 0 saturated heterocycles. The van der Waals surface area contributed by atoms with Gasteiger partial charge in [0.25, 0.3) is 0 Å². The predicted octanol–water partition coefficient (Wildman–Crippen LogP) is 5.14. The maximum atomic E-state index is 11.7. The van der Waals surface area contributed by atoms with Gasteiger partial charge in [-0.3, -0.25) is 0 Å². The van der Waals surface area contributed by atoms with Gasteiger partial charge in [0.15, 0.2) is 5.60 Å². The molecular formula is C24H16O3. The molecule has 1 aliphatic heterocycles. The summed E-state index contributed by atoms with van der Waals surface area (Å²) in [6, 6.07) is 27.3. The molecule has 2 heterocycles. The van der Waals surface area contributed by atoms with Crippen LogP contribution in [0.4, 0.5) is 0 Å². The first-order valence-electron chi connectivity index (χ1n) is 8.82. The fraction of sp³-hybridized carbons (Fsp3) is 0.0417. The Labute approximate surface area is 156 Å². The summed E-state index contributed by atoms with van der Waals surface area (Å²) in [5, 5.41) is 0.869. The highest BCUT2D eigenvalue weighted by Crippen LogP contribution is 2.43. The van der Waals surface area contributed by atoms with Crippen LogP contribution in [0.3, 0.4) is 0 Å². The van der Waals surface area contributed by atoms with E-state index in [-0.39, 0.29) is 5.63 Å². The number of hydrogen-bond acceptors (Lipinski definition) is 3. The van der Waals surface area contributed by atoms with Crippen LogP contribution in [0.5, 0.6) is 5.75 Å². The molecule has 0 bridgehead atoms. The minimum Gasteiger partial charge on any atom is -0.473 e. The summed E-state index contributed by atoms with van der Waals surface area (Å²) in [6.07, 6.45) is 4.02. The highest BCUT2D eigenvalue weighted by atomic mass is 16.5. The first-order valence-corrected chi connectivity index (χ1v) is 8.82. The second kappa shape index (κ2) is 5.99. The molecule has 0 N–H and O–H groups in total. The summed E-state index contributed by atoms with van der Waals surface area (Å²) in [5.41, 5.74) is 2.30. The molecule has 4 aromatic rings. The van der Waals surface area contributed by atoms with Crippen LogP contribution < -0.4 is 10.4 Å². The lowest BCUT2D eigenvalue weighted by Gasteiger charge is -2.36. The zero-order valence-electron chi connectivity index (χ0n) is 14.5. The van der Waals surface area contributed by atoms with Crippen molar-refractivity contribution in [2.45, 2.75) is 5.60 Å². The van der Waals surface area contributed by atoms with Crippen molar-refractivity contribution in [1.29, 1.82) is 0 Å². The average Bonchev–Trinajstić information content (AvgIpc) is 2.74. The average molecular weight is 352 g/mol. The SMILES string of the molecule is O=c1ccc2ccc3c(c2o1)C=CC(c1ccccc1)(c1ccccc1)O3. The lowest BCUT2D eigenvalue weighted by molar-refractivity contribution is 0.161. The van der Waals surface area contributed by atoms with Crippen LogP contribution in [0.2, 0.25) is 0 Å². The van der Waals surface area contributed by atoms with Gasteiger partial charge in [-0.2, -0.15) is 0 Å². The molecule has 5 rings (SSSR count). The van der Waals surface area contributed by atoms with Gasteiger partial charge in [-0.1, -0.05) is 60.7 Å². The maximum absolute atomic E-state index is 11.7. The van der Waals surface area contributed by atoms with E-state index in [0.29, 0.717) is 11.3 Å². The molecule has 130 valence electrons. The quantitative estimate of drug-likeness (QED) is 0.469. The molecule has 0 amide bonds. The number of rotatable bonds is 2. The molecule has 1 aromatic heterocycles. The third kappa shape index (κ3) is 2.48. The van der Waals surface area contributed by atoms with Gasteiger partial charge in [0.1, 0.15) is 11.3 Å². The summed E-state index contributed by atoms with van der Waals surface area (Å²) in [5.74, 6) is 0.687. The minimum atomic E-state index is -0.738. The molecule has 0 unspecified atom stereocenters. The Morgan fingerprint density at radius 2 is 1.33 bits per heavy atom. The van der Waals surface area contributed by atoms with Gasteiger partial charge >= 0.3 is 5.63 Å². The molecule has 3 heteroatoms. The van der Waals surface area contributed by atoms with Gasteiger partial charge in [0, 0.05) is 22.6 Å². The van der Waals surface area contributed by atoms with Crippen LogP contribution in [0.25, 0.3) is 17.0 Å². The van der Waals surface area contributed by atoms with Gasteiger partial charge in [0.2, 0.25) is 0 Å². The Morgan fingerprint density at radius 3 is 2.00 bits per heavy atom. The molecule has 0 radical (unpaired) electrons. The number of benzene rings is 3. The molecule has 0 spiro atoms. The van der Waals surface area contributed by atoms with Crippen molar-refractivity contribution >= 4 is 17.0 Å². The Bertz CT molecular complexity index is 1170. The van der Waals surface area contributed by atoms with Crippen LogP contribution in [0.1, 0.15) is 16.7 Å². The lowest BCUT2D eigenvalue weighted by Crippen LogP contribution is -2.34. The summed E-state index contributed by atoms with van der Waals surface area (Å²) in [4.78, 5) is 11.7. The van der Waals surface area contributed by atoms with E-state index in [1.807, 2.05) is 60.7 Å². The lowest BCUT2D eigenvalue weighted by atomic mass is 9.83. The third-order valence-corrected chi connectivity index (χ3v) is 4.95. The molecule has 0 saturated carbocycles. The largest absolute Gasteiger partial charge is 0.473 e. The van der Waals surface area contributed by atoms with E-state index < -0.39 is 5.60 Å². The predicted molar refractivity (Wildman–Crippen MR) is 106 cm³/mol. The van der Waals surface area contributed by atoms with Crippen molar-refractivity contribution in [2.24, 2.45) is 0 Å². The summed E-state index contributed by atoms with van der Waals surface area (Å²) in [6.45, 7) is 0. The van der Waals surface area contributed by atoms with Gasteiger partial charge < -0.3 is 9.15 Å². The van der Waals surface area contributed by atoms with E-state index >= 15 is 0 Å². The molecule has 27 heavy (non-hydrogen) atoms. The zero-order valence-corrected chi connectivity index (χ0v) is 14.5. The van der Waals surface area contributed by atoms with Crippen molar-refractivity contribution < 1.29 is 9.15 Å². The second-order valence-corrected chi connectivity index (χ2v) is 6.55. The first kappa shape index (κ1) is 15.6. The van der Waals surface area contributed by atoms with Gasteiger partial charge in [0.05, 0.1) is 5.56 Å². The van der Waals surface area contributed by atoms with E-state index in [0.717, 1.165) is 22.1 Å². The van der Waals surface area contributed by atoms with Gasteiger partial charge in [-0.25, -0.2) is 4.79 Å². The van der Waals surface area contributed by atoms with E-state index in [1.54, 1.807) is 6.07 Å². The van der Waals surface area contributed by atoms with Crippen LogP contribution in [-0.2, 0) is 5.60 Å². The van der Waals surface area contributed by atoms with Gasteiger partial charge in [-0.05, 0) is 30.4 Å². The molecule has 3 nitrogen and oxygen atoms in total. The Balaban J connectivity index is 1.76. The molecule has 0 aliphatic carbocycles. The number of hydrogen-bond donors (Lipinski definition) is 0. The normalized spacial score (nSPS) is 14.5. The van der Waals surface area contributed by atoms with E-state index in [9.17, 15) is 4.79 Å². The van der Waals surface area contributed by atoms with Crippen LogP contribution in [-0.4, -0.2) is 0 Å². The molecule has 0 fully saturated rings. The number of fused-ring (bicyclic) bond motifs is 3. The van der Waals surface area contributed by atoms with Crippen molar-refractivity contribution in [1.82, 2.24) is 0 Å². The van der Waals surface area contributed by atoms with Crippen LogP contribution >= 0.6 is 0 Å². The smallest absolute Gasteiger partial charge is 0.336 e. The Kier molecular flexibility index (Phi) is 3.47. The highest BCUT2D eigenvalue weighted by molar-refractivity contribution is 5.89. The topological polar surface area (TPSA) is 39.4 Å². The Morgan fingerprint density at radius 1 is 0.704 bits per heavy atom. The number of ether oxygens (including phenoxy) is 1. The Hall–Kier alpha value is -3.59. The second-order valence-electron chi connectivity index (χ2n) is 6.55. The third-order valence-electron chi connectivity index (χ3n) is 4.95. The van der Waals surface area contributed by atoms with Crippen molar-refractivity contribution in [3.63, 3.8) is 0 Å². The van der Waals surface area contributed by atoms with Gasteiger partial charge in [-0.15, -0.1) is 0 Å². The summed E-state index contributed by atoms with van der Waals surface area (Å²) < 4.78 is 12.0. The molecule has 3 aromatic carbocycles. The van der Waals surface area contributed by atoms with E-state index in [2.05, 4.69) is 24.3 Å². The first-order chi connectivity index (χ1) is 13.3. The minimum absolute atomic E-state index is 0.368. The van der Waals surface area contributed by atoms with Crippen LogP contribution in [0, 0.1) is 0 Å². The van der Waals surface area contributed by atoms with Crippen molar-refractivity contribution in [3.05, 3.63) is 118 Å². The highest BCUT2D eigenvalue weighted by Gasteiger charge is 2.37. The fourth-order valence-corrected chi connectivity index (χ4v) is 3.64. The van der Waals surface area contributed by atoms with E-state index in [1.165, 1.54) is 6.07 Å². The van der Waals surface area contributed by atoms with Crippen LogP contribution in [0.15, 0.2) is 100 Å². The van der Waals surface area contributed by atoms with E-state index in [4.69, 9.17) is 9.15 Å². The molecular weight excluding hydrogens is 336 g/mol. The fourth-order valence-electron chi connectivity index (χ4n) is 3.64. The molecule has 1 aliphatic rings. The summed E-state index contributed by atoms with van der Waals surface area (Å²) >= 11 is 0. The standard InChI is InChI=1S/C24H16O3/c25-22-14-12-17-11-13-21-20(23(17)26-22)15-16-24(27-21,18-7-3-1-4-8-18)19-9-5-2-6-10-19/h1-16H. The van der Waals surface area contributed by atoms with Crippen molar-refractivity contribution in [3.8, 4) is 5.75 Å². The molecule has 0 atom stereocenters. The van der Waals surface area contributed by atoms with Crippen molar-refractivity contribution in [2.75, 3.05) is 0 Å². The maximum Gasteiger partial charge on any atom is 0.336 e. The zero-order chi connectivity index (χ0) is 18.3. The summed E-state index contributed by atoms with van der Waals surface area (Å²) in [7, 11) is 0. The monoisotopic (exact) mass is 352 g/mol.